The first-order chi connectivity index (χ1) is 80.6. The Hall–Kier alpha value is -8.10. The first-order valence-corrected chi connectivity index (χ1v) is 55.6. The van der Waals surface area contributed by atoms with E-state index in [9.17, 15) is 73.5 Å². The number of fused-ring (bicyclic) bond motifs is 5. The number of aliphatic hydroxyl groups is 5. The number of cyclic esters (lactones) is 5. The van der Waals surface area contributed by atoms with Gasteiger partial charge in [0, 0.05) is 96.0 Å². The lowest BCUT2D eigenvalue weighted by molar-refractivity contribution is -0.166. The minimum absolute atomic E-state index is 0.000807. The monoisotopic (exact) mass is 2120 g/mol. The Bertz CT molecular complexity index is 5840. The maximum absolute atomic E-state index is 13.5. The lowest BCUT2D eigenvalue weighted by Crippen LogP contribution is -2.43. The van der Waals surface area contributed by atoms with Gasteiger partial charge in [-0.3, -0.25) is 47.9 Å². The molecule has 38 atom stereocenters. The molecule has 150 heavy (non-hydrogen) atoms. The van der Waals surface area contributed by atoms with E-state index >= 15 is 0 Å². The number of allylic oxidation sites excluding steroid dienone is 15. The predicted molar refractivity (Wildman–Crippen MR) is 577 cm³/mol. The molecular formula is C125H190O25. The average molecular weight is 2120 g/mol. The van der Waals surface area contributed by atoms with E-state index in [4.69, 9.17) is 81.6 Å². The van der Waals surface area contributed by atoms with E-state index in [0.29, 0.717) is 116 Å². The van der Waals surface area contributed by atoms with Crippen molar-refractivity contribution in [2.24, 2.45) is 145 Å². The van der Waals surface area contributed by atoms with Crippen LogP contribution in [0.5, 0.6) is 0 Å². The summed E-state index contributed by atoms with van der Waals surface area (Å²) in [7, 11) is 0. The van der Waals surface area contributed by atoms with E-state index in [1.54, 1.807) is 13.8 Å². The highest BCUT2D eigenvalue weighted by atomic mass is 16.6. The molecule has 5 fully saturated rings. The molecule has 0 spiro atoms. The van der Waals surface area contributed by atoms with Gasteiger partial charge in [-0.25, -0.2) is 0 Å². The quantitative estimate of drug-likeness (QED) is 0.0329. The van der Waals surface area contributed by atoms with E-state index < -0.39 is 215 Å². The fraction of sp³-hybridized carbons (Fsp3) is 0.760. The molecule has 25 heteroatoms. The Kier molecular flexibility index (Phi) is 32.1. The normalized spacial score (nSPS) is 40.7. The summed E-state index contributed by atoms with van der Waals surface area (Å²) in [5.74, 6) is -5.86. The van der Waals surface area contributed by atoms with Crippen molar-refractivity contribution >= 4 is 59.7 Å². The minimum Gasteiger partial charge on any atom is -0.462 e. The summed E-state index contributed by atoms with van der Waals surface area (Å²) in [4.78, 5) is 125. The van der Waals surface area contributed by atoms with Gasteiger partial charge in [-0.15, -0.1) is 0 Å². The van der Waals surface area contributed by atoms with Crippen LogP contribution in [0.4, 0.5) is 0 Å². The lowest BCUT2D eigenvalue weighted by atomic mass is 9.65. The smallest absolute Gasteiger partial charge is 0.311 e. The molecule has 0 radical (unpaired) electrons. The Morgan fingerprint density at radius 1 is 0.293 bits per heavy atom. The number of ether oxygens (including phenoxy) is 10. The maximum Gasteiger partial charge on any atom is 0.311 e. The van der Waals surface area contributed by atoms with E-state index in [2.05, 4.69) is 114 Å². The molecule has 0 aromatic carbocycles. The molecule has 5 heterocycles. The number of carbonyl (C=O) groups excluding carboxylic acids is 10. The van der Waals surface area contributed by atoms with Crippen LogP contribution in [0.25, 0.3) is 0 Å². The molecule has 0 bridgehead atoms. The highest BCUT2D eigenvalue weighted by molar-refractivity contribution is 5.79. The Morgan fingerprint density at radius 2 is 0.480 bits per heavy atom. The van der Waals surface area contributed by atoms with Crippen molar-refractivity contribution in [3.8, 4) is 0 Å². The zero-order chi connectivity index (χ0) is 131. The van der Waals surface area contributed by atoms with Crippen LogP contribution < -0.4 is 0 Å². The molecule has 15 aliphatic rings. The molecule has 0 aromatic rings. The number of aliphatic hydroxyl groups excluding tert-OH is 5. The van der Waals surface area contributed by atoms with Gasteiger partial charge in [0.05, 0.1) is 89.7 Å². The van der Waals surface area contributed by atoms with Crippen LogP contribution in [-0.4, -0.2) is 177 Å². The minimum atomic E-state index is -3.38. The molecule has 0 saturated carbocycles. The second-order valence-corrected chi connectivity index (χ2v) is 47.7. The van der Waals surface area contributed by atoms with Crippen molar-refractivity contribution in [1.29, 1.82) is 0 Å². The van der Waals surface area contributed by atoms with E-state index in [1.807, 2.05) is 45.9 Å². The van der Waals surface area contributed by atoms with Gasteiger partial charge in [0.25, 0.3) is 0 Å². The van der Waals surface area contributed by atoms with Gasteiger partial charge in [0.15, 0.2) is 0 Å². The number of hydrogen-bond donors (Lipinski definition) is 5. The Labute approximate surface area is 932 Å². The van der Waals surface area contributed by atoms with Crippen LogP contribution >= 0.6 is 0 Å². The summed E-state index contributed by atoms with van der Waals surface area (Å²) in [5, 5.41) is 49.7. The lowest BCUT2D eigenvalue weighted by Gasteiger charge is -2.44. The summed E-state index contributed by atoms with van der Waals surface area (Å²) in [6.07, 6.45) is 28.4. The average Bonchev–Trinajstić information content (AvgIpc) is 0.394. The van der Waals surface area contributed by atoms with Crippen molar-refractivity contribution in [2.45, 2.75) is 457 Å². The molecule has 840 valence electrons. The van der Waals surface area contributed by atoms with Crippen molar-refractivity contribution in [1.82, 2.24) is 0 Å². The molecule has 5 aliphatic heterocycles. The number of carbonyl (C=O) groups is 10. The van der Waals surface area contributed by atoms with Crippen LogP contribution in [-0.2, 0) is 95.3 Å². The van der Waals surface area contributed by atoms with Crippen LogP contribution in [0.2, 0.25) is 0 Å². The van der Waals surface area contributed by atoms with E-state index in [-0.39, 0.29) is 194 Å². The molecule has 10 aliphatic carbocycles. The van der Waals surface area contributed by atoms with Crippen molar-refractivity contribution < 1.29 is 155 Å². The standard InChI is InChI=1S/5C25H38O5/c5*1-6-25(4,5)24(28)30-21-12-15(2)11-17-8-7-16(3)20(23(17)21)10-9-19-13-18(26)14-22(27)29-19/h5*7-8,11,15-16,18-21,23,26H,6,9-10,12-14H2,1-5H3/t5*15-,16-,18+,19?,20-,21-,23-/m00000/s1/i1D3,4D3,6D2;4D3,5D3;1D3,6D2;2*4D3/t15-,16-,18+,19?,20-,21-,23-,25?;2m;2*15-,16-,18+,19?,20-,21-,23-,25?. The largest absolute Gasteiger partial charge is 0.462 e. The summed E-state index contributed by atoms with van der Waals surface area (Å²) < 4.78 is 254. The summed E-state index contributed by atoms with van der Waals surface area (Å²) in [6, 6.07) is 0. The summed E-state index contributed by atoms with van der Waals surface area (Å²) >= 11 is 0. The number of esters is 10. The zero-order valence-electron chi connectivity index (χ0n) is 117. The van der Waals surface area contributed by atoms with Crippen molar-refractivity contribution in [3.63, 3.8) is 0 Å². The second-order valence-electron chi connectivity index (χ2n) is 47.7. The second kappa shape index (κ2) is 53.6. The third-order valence-corrected chi connectivity index (χ3v) is 34.2. The summed E-state index contributed by atoms with van der Waals surface area (Å²) in [5.41, 5.74) is -5.30. The van der Waals surface area contributed by atoms with Crippen LogP contribution in [0.15, 0.2) is 119 Å². The van der Waals surface area contributed by atoms with Gasteiger partial charge in [-0.05, 0) is 314 Å². The molecule has 5 N–H and O–H groups in total. The van der Waals surface area contributed by atoms with Crippen LogP contribution in [0, 0.1) is 145 Å². The van der Waals surface area contributed by atoms with Gasteiger partial charge in [-0.2, -0.15) is 0 Å². The molecule has 0 amide bonds. The highest BCUT2D eigenvalue weighted by Crippen LogP contribution is 2.54. The molecular weight excluding hydrogens is 1900 g/mol. The third kappa shape index (κ3) is 32.8. The van der Waals surface area contributed by atoms with Crippen LogP contribution in [0.1, 0.15) is 399 Å². The Balaban J connectivity index is 0.000000204. The highest BCUT2D eigenvalue weighted by Gasteiger charge is 2.52. The maximum atomic E-state index is 13.5. The fourth-order valence-corrected chi connectivity index (χ4v) is 25.0. The molecule has 15 rings (SSSR count). The van der Waals surface area contributed by atoms with Gasteiger partial charge >= 0.3 is 59.7 Å². The predicted octanol–water partition coefficient (Wildman–Crippen LogP) is 22.9. The van der Waals surface area contributed by atoms with E-state index in [0.717, 1.165) is 47.6 Å². The first-order valence-electron chi connectivity index (χ1n) is 68.1. The SMILES string of the molecule is [2H]C([2H])([2H])C(C)(CC)C(=O)O[C@H]1C[C@@H](C)C=C2C=C[C@H](C)[C@H](CCC3C[C@@H](O)CC(=O)O3)[C@H]21.[2H]C([2H])([2H])C(C)(CC)C(=O)O[C@H]1C[C@@H](C)C=C2C=C[C@H](C)[C@H](CCC3C[C@@H](O)CC(=O)O3)[C@H]21.[2H]C([2H])([2H])C(CC)(C(=O)O[C@H]1C[C@@H](C)C=C2C=C[C@H](C)[C@H](CCC3C[C@@H](O)CC(=O)O3)[C@H]21)C([2H])([2H])[2H].[2H]C([2H])([2H])C([2H])([2H])C(C)(C(=O)O[C@H]1C[C@@H](C)C=C2C=C[C@H](C)[C@H](CCC3C[C@@H](O)CC(=O)O3)[C@H]21)C([2H])([2H])[2H].[2H]C([2H])([2H])C([2H])([2H])C(C)(C)C(=O)O[C@H]1C[C@@H](C)C=C2C=C[C@H](C)[C@H](CCC3C[C@@H](O)CC(=O)O3)[C@H]21. The fourth-order valence-electron chi connectivity index (χ4n) is 25.0. The van der Waals surface area contributed by atoms with Gasteiger partial charge in [-0.1, -0.05) is 195 Å². The molecule has 25 nitrogen and oxygen atoms in total. The number of hydrogen-bond acceptors (Lipinski definition) is 25. The van der Waals surface area contributed by atoms with Gasteiger partial charge < -0.3 is 72.9 Å². The third-order valence-electron chi connectivity index (χ3n) is 34.2. The van der Waals surface area contributed by atoms with Crippen LogP contribution in [0.3, 0.4) is 0 Å². The zero-order valence-corrected chi connectivity index (χ0v) is 91.6. The van der Waals surface area contributed by atoms with Crippen molar-refractivity contribution in [3.05, 3.63) is 119 Å². The topological polar surface area (TPSA) is 364 Å². The van der Waals surface area contributed by atoms with E-state index in [1.165, 1.54) is 34.6 Å². The van der Waals surface area contributed by atoms with Gasteiger partial charge in [0.1, 0.15) is 61.0 Å². The number of rotatable bonds is 30. The molecule has 0 aromatic heterocycles. The molecule has 5 saturated heterocycles. The first kappa shape index (κ1) is 90.0. The van der Waals surface area contributed by atoms with Gasteiger partial charge in [0.2, 0.25) is 0 Å². The molecule has 8 unspecified atom stereocenters. The van der Waals surface area contributed by atoms with Crippen molar-refractivity contribution in [2.75, 3.05) is 0 Å². The Morgan fingerprint density at radius 3 is 0.667 bits per heavy atom. The summed E-state index contributed by atoms with van der Waals surface area (Å²) in [6.45, 7) is 11.0.